The summed E-state index contributed by atoms with van der Waals surface area (Å²) in [7, 11) is -3.83. The van der Waals surface area contributed by atoms with Crippen LogP contribution in [-0.4, -0.2) is 24.5 Å². The molecule has 1 aromatic heterocycles. The third kappa shape index (κ3) is 3.96. The van der Waals surface area contributed by atoms with Gasteiger partial charge in [-0.1, -0.05) is 42.5 Å². The van der Waals surface area contributed by atoms with E-state index in [0.29, 0.717) is 22.2 Å². The molecule has 1 unspecified atom stereocenters. The van der Waals surface area contributed by atoms with Crippen molar-refractivity contribution in [2.45, 2.75) is 17.9 Å². The summed E-state index contributed by atoms with van der Waals surface area (Å²) in [5, 5.41) is 16.2. The number of primary sulfonamides is 1. The Kier molecular flexibility index (Phi) is 5.11. The van der Waals surface area contributed by atoms with Crippen molar-refractivity contribution in [3.8, 4) is 11.3 Å². The predicted octanol–water partition coefficient (Wildman–Crippen LogP) is 3.37. The van der Waals surface area contributed by atoms with Gasteiger partial charge in [-0.15, -0.1) is 0 Å². The number of H-pyrrole nitrogens is 1. The van der Waals surface area contributed by atoms with Crippen molar-refractivity contribution in [2.24, 2.45) is 5.14 Å². The van der Waals surface area contributed by atoms with Crippen LogP contribution >= 0.6 is 0 Å². The lowest BCUT2D eigenvalue weighted by Gasteiger charge is -2.14. The average Bonchev–Trinajstić information content (AvgIpc) is 3.17. The summed E-state index contributed by atoms with van der Waals surface area (Å²) in [6.07, 6.45) is 0. The number of nitrogens with zero attached hydrogens (tertiary/aromatic N) is 1. The van der Waals surface area contributed by atoms with Crippen molar-refractivity contribution in [3.05, 3.63) is 83.9 Å². The Morgan fingerprint density at radius 3 is 2.53 bits per heavy atom. The highest BCUT2D eigenvalue weighted by molar-refractivity contribution is 7.89. The number of nitrogens with one attached hydrogen (secondary N) is 2. The van der Waals surface area contributed by atoms with E-state index in [0.717, 1.165) is 11.1 Å². The fourth-order valence-corrected chi connectivity index (χ4v) is 3.86. The van der Waals surface area contributed by atoms with E-state index < -0.39 is 10.0 Å². The van der Waals surface area contributed by atoms with Crippen molar-refractivity contribution in [1.29, 1.82) is 0 Å². The van der Waals surface area contributed by atoms with Crippen LogP contribution in [0.15, 0.2) is 77.7 Å². The highest BCUT2D eigenvalue weighted by Crippen LogP contribution is 2.28. The fraction of sp³-hybridized carbons (Fsp3) is 0.0909. The molecule has 0 radical (unpaired) electrons. The first-order chi connectivity index (χ1) is 14.3. The van der Waals surface area contributed by atoms with Crippen LogP contribution in [0.3, 0.4) is 0 Å². The van der Waals surface area contributed by atoms with E-state index in [2.05, 4.69) is 15.5 Å². The number of hydrogen-bond acceptors (Lipinski definition) is 4. The molecular formula is C22H20N4O3S. The number of rotatable bonds is 5. The molecule has 0 saturated heterocycles. The maximum atomic E-state index is 12.8. The van der Waals surface area contributed by atoms with Gasteiger partial charge < -0.3 is 5.32 Å². The molecule has 0 saturated carbocycles. The third-order valence-corrected chi connectivity index (χ3v) is 5.82. The second kappa shape index (κ2) is 7.74. The second-order valence-corrected chi connectivity index (χ2v) is 8.57. The molecule has 3 aromatic carbocycles. The lowest BCUT2D eigenvalue weighted by molar-refractivity contribution is 0.0940. The lowest BCUT2D eigenvalue weighted by atomic mass is 10.0. The molecule has 4 N–H and O–H groups in total. The number of aromatic amines is 1. The predicted molar refractivity (Wildman–Crippen MR) is 115 cm³/mol. The quantitative estimate of drug-likeness (QED) is 0.459. The van der Waals surface area contributed by atoms with Crippen molar-refractivity contribution in [3.63, 3.8) is 0 Å². The standard InChI is InChI=1S/C22H20N4O3S/c1-14(15-6-3-2-4-7-15)24-22(27)17-10-11-20-19(13-17)21(26-25-20)16-8-5-9-18(12-16)30(23,28)29/h2-14H,1H3,(H,24,27)(H,25,26)(H2,23,28,29). The first kappa shape index (κ1) is 19.8. The zero-order valence-electron chi connectivity index (χ0n) is 16.2. The first-order valence-corrected chi connectivity index (χ1v) is 10.8. The molecule has 1 atom stereocenters. The number of amides is 1. The van der Waals surface area contributed by atoms with Gasteiger partial charge in [-0.25, -0.2) is 13.6 Å². The van der Waals surface area contributed by atoms with E-state index in [9.17, 15) is 13.2 Å². The van der Waals surface area contributed by atoms with Gasteiger partial charge in [0.1, 0.15) is 0 Å². The first-order valence-electron chi connectivity index (χ1n) is 9.30. The van der Waals surface area contributed by atoms with Crippen LogP contribution in [0.1, 0.15) is 28.9 Å². The number of fused-ring (bicyclic) bond motifs is 1. The SMILES string of the molecule is CC(NC(=O)c1ccc2[nH]nc(-c3cccc(S(N)(=O)=O)c3)c2c1)c1ccccc1. The number of hydrogen-bond donors (Lipinski definition) is 3. The Labute approximate surface area is 174 Å². The number of aromatic nitrogens is 2. The Hall–Kier alpha value is -3.49. The summed E-state index contributed by atoms with van der Waals surface area (Å²) in [6.45, 7) is 1.92. The maximum absolute atomic E-state index is 12.8. The van der Waals surface area contributed by atoms with Crippen LogP contribution in [0.5, 0.6) is 0 Å². The molecule has 1 heterocycles. The monoisotopic (exact) mass is 420 g/mol. The second-order valence-electron chi connectivity index (χ2n) is 7.01. The van der Waals surface area contributed by atoms with E-state index in [1.165, 1.54) is 12.1 Å². The summed E-state index contributed by atoms with van der Waals surface area (Å²) in [4.78, 5) is 12.8. The van der Waals surface area contributed by atoms with Crippen LogP contribution in [-0.2, 0) is 10.0 Å². The molecule has 4 rings (SSSR count). The van der Waals surface area contributed by atoms with E-state index in [4.69, 9.17) is 5.14 Å². The zero-order valence-corrected chi connectivity index (χ0v) is 17.0. The molecule has 0 aliphatic carbocycles. The normalized spacial score (nSPS) is 12.6. The van der Waals surface area contributed by atoms with Crippen molar-refractivity contribution < 1.29 is 13.2 Å². The van der Waals surface area contributed by atoms with Gasteiger partial charge in [0.25, 0.3) is 5.91 Å². The van der Waals surface area contributed by atoms with E-state index in [1.807, 2.05) is 37.3 Å². The van der Waals surface area contributed by atoms with E-state index in [-0.39, 0.29) is 16.8 Å². The third-order valence-electron chi connectivity index (χ3n) is 4.91. The molecule has 152 valence electrons. The number of nitrogens with two attached hydrogens (primary N) is 1. The Morgan fingerprint density at radius 2 is 1.80 bits per heavy atom. The molecule has 7 nitrogen and oxygen atoms in total. The maximum Gasteiger partial charge on any atom is 0.251 e. The van der Waals surface area contributed by atoms with Gasteiger partial charge in [-0.2, -0.15) is 5.10 Å². The van der Waals surface area contributed by atoms with Gasteiger partial charge >= 0.3 is 0 Å². The fourth-order valence-electron chi connectivity index (χ4n) is 3.30. The summed E-state index contributed by atoms with van der Waals surface area (Å²) in [5.74, 6) is -0.210. The Bertz CT molecular complexity index is 1330. The molecule has 8 heteroatoms. The van der Waals surface area contributed by atoms with E-state index in [1.54, 1.807) is 30.3 Å². The summed E-state index contributed by atoms with van der Waals surface area (Å²) in [5.41, 5.74) is 3.36. The number of carbonyl (C=O) groups excluding carboxylic acids is 1. The van der Waals surface area contributed by atoms with Gasteiger partial charge in [-0.05, 0) is 42.8 Å². The van der Waals surface area contributed by atoms with Crippen LogP contribution in [0.25, 0.3) is 22.2 Å². The van der Waals surface area contributed by atoms with Crippen LogP contribution in [0, 0.1) is 0 Å². The van der Waals surface area contributed by atoms with Crippen molar-refractivity contribution in [2.75, 3.05) is 0 Å². The van der Waals surface area contributed by atoms with Crippen LogP contribution in [0.4, 0.5) is 0 Å². The Balaban J connectivity index is 1.67. The zero-order chi connectivity index (χ0) is 21.3. The molecule has 0 aliphatic heterocycles. The van der Waals surface area contributed by atoms with Crippen LogP contribution in [0.2, 0.25) is 0 Å². The minimum atomic E-state index is -3.83. The topological polar surface area (TPSA) is 118 Å². The molecule has 0 fully saturated rings. The smallest absolute Gasteiger partial charge is 0.251 e. The molecule has 0 aliphatic rings. The van der Waals surface area contributed by atoms with Gasteiger partial charge in [0.15, 0.2) is 0 Å². The van der Waals surface area contributed by atoms with Gasteiger partial charge in [0.05, 0.1) is 22.1 Å². The average molecular weight is 420 g/mol. The van der Waals surface area contributed by atoms with Gasteiger partial charge in [0, 0.05) is 16.5 Å². The number of benzene rings is 3. The van der Waals surface area contributed by atoms with Gasteiger partial charge in [0.2, 0.25) is 10.0 Å². The lowest BCUT2D eigenvalue weighted by Crippen LogP contribution is -2.26. The minimum Gasteiger partial charge on any atom is -0.346 e. The van der Waals surface area contributed by atoms with Gasteiger partial charge in [-0.3, -0.25) is 9.89 Å². The molecule has 1 amide bonds. The van der Waals surface area contributed by atoms with Crippen molar-refractivity contribution >= 4 is 26.8 Å². The van der Waals surface area contributed by atoms with Crippen molar-refractivity contribution in [1.82, 2.24) is 15.5 Å². The molecule has 0 bridgehead atoms. The highest BCUT2D eigenvalue weighted by atomic mass is 32.2. The number of carbonyl (C=O) groups is 1. The Morgan fingerprint density at radius 1 is 1.03 bits per heavy atom. The molecule has 4 aromatic rings. The summed E-state index contributed by atoms with van der Waals surface area (Å²) in [6, 6.07) is 21.0. The molecule has 0 spiro atoms. The van der Waals surface area contributed by atoms with E-state index >= 15 is 0 Å². The number of sulfonamides is 1. The molecular weight excluding hydrogens is 400 g/mol. The minimum absolute atomic E-state index is 0.00161. The summed E-state index contributed by atoms with van der Waals surface area (Å²) < 4.78 is 23.4. The largest absolute Gasteiger partial charge is 0.346 e. The van der Waals surface area contributed by atoms with Crippen LogP contribution < -0.4 is 10.5 Å². The highest BCUT2D eigenvalue weighted by Gasteiger charge is 2.16. The molecule has 30 heavy (non-hydrogen) atoms. The summed E-state index contributed by atoms with van der Waals surface area (Å²) >= 11 is 0.